The van der Waals surface area contributed by atoms with Crippen molar-refractivity contribution in [2.24, 2.45) is 0 Å². The molecule has 0 amide bonds. The lowest BCUT2D eigenvalue weighted by molar-refractivity contribution is 0.332. The Morgan fingerprint density at radius 3 is 2.85 bits per heavy atom. The standard InChI is InChI=1S/C16H17N3O/c1-12-3-2-4-14(9-12)20-8-7-19-16-10-13(11-17)5-6-15(16)18/h2-6,9-10,19H,7-8,18H2,1H3. The number of benzene rings is 2. The van der Waals surface area contributed by atoms with Gasteiger partial charge in [-0.25, -0.2) is 0 Å². The van der Waals surface area contributed by atoms with Crippen molar-refractivity contribution >= 4 is 11.4 Å². The van der Waals surface area contributed by atoms with Gasteiger partial charge in [0.1, 0.15) is 12.4 Å². The third kappa shape index (κ3) is 3.66. The molecule has 0 aliphatic heterocycles. The van der Waals surface area contributed by atoms with Crippen molar-refractivity contribution in [1.82, 2.24) is 0 Å². The van der Waals surface area contributed by atoms with Crippen LogP contribution in [0.25, 0.3) is 0 Å². The van der Waals surface area contributed by atoms with Crippen LogP contribution in [0, 0.1) is 18.3 Å². The molecule has 0 unspecified atom stereocenters. The Labute approximate surface area is 118 Å². The summed E-state index contributed by atoms with van der Waals surface area (Å²) >= 11 is 0. The normalized spacial score (nSPS) is 9.80. The fourth-order valence-electron chi connectivity index (χ4n) is 1.84. The third-order valence-corrected chi connectivity index (χ3v) is 2.86. The van der Waals surface area contributed by atoms with E-state index in [9.17, 15) is 0 Å². The van der Waals surface area contributed by atoms with Crippen LogP contribution in [0.15, 0.2) is 42.5 Å². The SMILES string of the molecule is Cc1cccc(OCCNc2cc(C#N)ccc2N)c1. The third-order valence-electron chi connectivity index (χ3n) is 2.86. The molecule has 4 nitrogen and oxygen atoms in total. The van der Waals surface area contributed by atoms with Gasteiger partial charge in [-0.05, 0) is 42.8 Å². The van der Waals surface area contributed by atoms with Gasteiger partial charge in [-0.15, -0.1) is 0 Å². The molecule has 0 aliphatic carbocycles. The fourth-order valence-corrected chi connectivity index (χ4v) is 1.84. The van der Waals surface area contributed by atoms with Gasteiger partial charge in [0.25, 0.3) is 0 Å². The second kappa shape index (κ2) is 6.48. The van der Waals surface area contributed by atoms with E-state index >= 15 is 0 Å². The number of ether oxygens (including phenoxy) is 1. The highest BCUT2D eigenvalue weighted by Gasteiger charge is 2.00. The lowest BCUT2D eigenvalue weighted by Gasteiger charge is -2.11. The summed E-state index contributed by atoms with van der Waals surface area (Å²) < 4.78 is 5.64. The number of nitriles is 1. The average Bonchev–Trinajstić information content (AvgIpc) is 2.45. The molecule has 0 saturated heterocycles. The zero-order valence-electron chi connectivity index (χ0n) is 11.4. The number of nitrogens with one attached hydrogen (secondary N) is 1. The minimum Gasteiger partial charge on any atom is -0.492 e. The van der Waals surface area contributed by atoms with Crippen molar-refractivity contribution in [3.63, 3.8) is 0 Å². The van der Waals surface area contributed by atoms with Crippen LogP contribution in [0.3, 0.4) is 0 Å². The quantitative estimate of drug-likeness (QED) is 0.645. The topological polar surface area (TPSA) is 71.1 Å². The van der Waals surface area contributed by atoms with Gasteiger partial charge < -0.3 is 15.8 Å². The monoisotopic (exact) mass is 267 g/mol. The van der Waals surface area contributed by atoms with Gasteiger partial charge in [0.05, 0.1) is 23.0 Å². The van der Waals surface area contributed by atoms with Crippen molar-refractivity contribution in [1.29, 1.82) is 5.26 Å². The molecule has 102 valence electrons. The van der Waals surface area contributed by atoms with Crippen molar-refractivity contribution in [2.75, 3.05) is 24.2 Å². The fraction of sp³-hybridized carbons (Fsp3) is 0.188. The van der Waals surface area contributed by atoms with Crippen LogP contribution in [-0.2, 0) is 0 Å². The maximum Gasteiger partial charge on any atom is 0.119 e. The number of nitrogens with zero attached hydrogens (tertiary/aromatic N) is 1. The van der Waals surface area contributed by atoms with Gasteiger partial charge in [-0.3, -0.25) is 0 Å². The van der Waals surface area contributed by atoms with Crippen molar-refractivity contribution in [3.8, 4) is 11.8 Å². The van der Waals surface area contributed by atoms with Gasteiger partial charge in [-0.2, -0.15) is 5.26 Å². The molecule has 0 radical (unpaired) electrons. The Hall–Kier alpha value is -2.67. The van der Waals surface area contributed by atoms with E-state index in [0.717, 1.165) is 11.4 Å². The Kier molecular flexibility index (Phi) is 4.46. The maximum absolute atomic E-state index is 8.86. The van der Waals surface area contributed by atoms with E-state index in [-0.39, 0.29) is 0 Å². The average molecular weight is 267 g/mol. The molecule has 0 saturated carbocycles. The number of nitrogens with two attached hydrogens (primary N) is 1. The molecule has 4 heteroatoms. The van der Waals surface area contributed by atoms with Gasteiger partial charge in [0, 0.05) is 6.54 Å². The molecule has 0 fully saturated rings. The largest absolute Gasteiger partial charge is 0.492 e. The summed E-state index contributed by atoms with van der Waals surface area (Å²) in [7, 11) is 0. The number of hydrogen-bond donors (Lipinski definition) is 2. The molecule has 2 aromatic carbocycles. The van der Waals surface area contributed by atoms with Crippen molar-refractivity contribution in [3.05, 3.63) is 53.6 Å². The van der Waals surface area contributed by atoms with E-state index < -0.39 is 0 Å². The summed E-state index contributed by atoms with van der Waals surface area (Å²) in [4.78, 5) is 0. The van der Waals surface area contributed by atoms with E-state index in [2.05, 4.69) is 11.4 Å². The number of anilines is 2. The molecule has 0 bridgehead atoms. The smallest absolute Gasteiger partial charge is 0.119 e. The lowest BCUT2D eigenvalue weighted by Crippen LogP contribution is -2.12. The zero-order valence-corrected chi connectivity index (χ0v) is 11.4. The first kappa shape index (κ1) is 13.8. The lowest BCUT2D eigenvalue weighted by atomic mass is 10.2. The van der Waals surface area contributed by atoms with E-state index in [1.165, 1.54) is 5.56 Å². The molecular weight excluding hydrogens is 250 g/mol. The highest BCUT2D eigenvalue weighted by Crippen LogP contribution is 2.19. The van der Waals surface area contributed by atoms with Crippen LogP contribution in [0.5, 0.6) is 5.75 Å². The van der Waals surface area contributed by atoms with Crippen LogP contribution >= 0.6 is 0 Å². The van der Waals surface area contributed by atoms with Crippen LogP contribution in [0.1, 0.15) is 11.1 Å². The molecule has 0 spiro atoms. The highest BCUT2D eigenvalue weighted by molar-refractivity contribution is 5.68. The molecule has 2 aromatic rings. The molecular formula is C16H17N3O. The van der Waals surface area contributed by atoms with Gasteiger partial charge in [0.2, 0.25) is 0 Å². The second-order valence-electron chi connectivity index (χ2n) is 4.51. The summed E-state index contributed by atoms with van der Waals surface area (Å²) in [6, 6.07) is 15.2. The Morgan fingerprint density at radius 2 is 2.10 bits per heavy atom. The molecule has 3 N–H and O–H groups in total. The first-order valence-corrected chi connectivity index (χ1v) is 6.42. The van der Waals surface area contributed by atoms with Crippen LogP contribution < -0.4 is 15.8 Å². The Balaban J connectivity index is 1.86. The molecule has 0 heterocycles. The summed E-state index contributed by atoms with van der Waals surface area (Å²) in [5.41, 5.74) is 8.98. The van der Waals surface area contributed by atoms with Crippen molar-refractivity contribution in [2.45, 2.75) is 6.92 Å². The minimum atomic E-state index is 0.527. The summed E-state index contributed by atoms with van der Waals surface area (Å²) in [5, 5.41) is 12.0. The molecule has 0 aliphatic rings. The molecule has 0 atom stereocenters. The van der Waals surface area contributed by atoms with E-state index in [0.29, 0.717) is 24.4 Å². The first-order chi connectivity index (χ1) is 9.69. The van der Waals surface area contributed by atoms with Crippen LogP contribution in [0.4, 0.5) is 11.4 Å². The predicted octanol–water partition coefficient (Wildman–Crippen LogP) is 2.94. The first-order valence-electron chi connectivity index (χ1n) is 6.42. The van der Waals surface area contributed by atoms with Gasteiger partial charge >= 0.3 is 0 Å². The molecule has 2 rings (SSSR count). The van der Waals surface area contributed by atoms with Crippen LogP contribution in [-0.4, -0.2) is 13.2 Å². The maximum atomic E-state index is 8.86. The summed E-state index contributed by atoms with van der Waals surface area (Å²) in [6.07, 6.45) is 0. The second-order valence-corrected chi connectivity index (χ2v) is 4.51. The minimum absolute atomic E-state index is 0.527. The van der Waals surface area contributed by atoms with Gasteiger partial charge in [-0.1, -0.05) is 12.1 Å². The Morgan fingerprint density at radius 1 is 1.25 bits per heavy atom. The summed E-state index contributed by atoms with van der Waals surface area (Å²) in [6.45, 7) is 3.17. The number of rotatable bonds is 5. The highest BCUT2D eigenvalue weighted by atomic mass is 16.5. The van der Waals surface area contributed by atoms with Crippen molar-refractivity contribution < 1.29 is 4.74 Å². The van der Waals surface area contributed by atoms with E-state index in [1.54, 1.807) is 18.2 Å². The van der Waals surface area contributed by atoms with Crippen LogP contribution in [0.2, 0.25) is 0 Å². The van der Waals surface area contributed by atoms with Gasteiger partial charge in [0.15, 0.2) is 0 Å². The predicted molar refractivity (Wildman–Crippen MR) is 80.7 cm³/mol. The van der Waals surface area contributed by atoms with E-state index in [1.807, 2.05) is 31.2 Å². The van der Waals surface area contributed by atoms with E-state index in [4.69, 9.17) is 15.7 Å². The summed E-state index contributed by atoms with van der Waals surface area (Å²) in [5.74, 6) is 0.852. The molecule has 0 aromatic heterocycles. The number of nitrogen functional groups attached to an aromatic ring is 1. The number of hydrogen-bond acceptors (Lipinski definition) is 4. The molecule has 20 heavy (non-hydrogen) atoms. The zero-order chi connectivity index (χ0) is 14.4. The Bertz CT molecular complexity index is 632. The number of aryl methyl sites for hydroxylation is 1.